The summed E-state index contributed by atoms with van der Waals surface area (Å²) in [7, 11) is 0. The van der Waals surface area contributed by atoms with Crippen molar-refractivity contribution in [3.8, 4) is 5.75 Å². The zero-order chi connectivity index (χ0) is 25.1. The number of ether oxygens (including phenoxy) is 1. The topological polar surface area (TPSA) is 93.6 Å². The monoisotopic (exact) mass is 505 g/mol. The summed E-state index contributed by atoms with van der Waals surface area (Å²) in [5.41, 5.74) is -1.63. The van der Waals surface area contributed by atoms with E-state index in [-0.39, 0.29) is 23.8 Å². The van der Waals surface area contributed by atoms with Gasteiger partial charge in [0.05, 0.1) is 0 Å². The molecular formula is C20H21F6N7O2. The highest BCUT2D eigenvalue weighted by Gasteiger charge is 2.44. The fraction of sp³-hybridized carbons (Fsp3) is 0.600. The van der Waals surface area contributed by atoms with Crippen molar-refractivity contribution in [2.45, 2.75) is 51.2 Å². The summed E-state index contributed by atoms with van der Waals surface area (Å²) in [5, 5.41) is 10.9. The first-order chi connectivity index (χ1) is 16.4. The lowest BCUT2D eigenvalue weighted by atomic mass is 9.92. The second kappa shape index (κ2) is 8.16. The Kier molecular flexibility index (Phi) is 5.47. The molecule has 1 aliphatic carbocycles. The third-order valence-electron chi connectivity index (χ3n) is 6.42. The van der Waals surface area contributed by atoms with E-state index in [4.69, 9.17) is 9.26 Å². The van der Waals surface area contributed by atoms with E-state index in [0.717, 1.165) is 25.8 Å². The van der Waals surface area contributed by atoms with Gasteiger partial charge in [-0.3, -0.25) is 0 Å². The smallest absolute Gasteiger partial charge is 0.433 e. The number of nitrogens with zero attached hydrogens (tertiary/aromatic N) is 6. The van der Waals surface area contributed by atoms with E-state index in [1.54, 1.807) is 6.92 Å². The van der Waals surface area contributed by atoms with Gasteiger partial charge in [-0.15, -0.1) is 5.10 Å². The number of nitrogens with one attached hydrogen (secondary N) is 1. The molecule has 1 unspecified atom stereocenters. The third-order valence-corrected chi connectivity index (χ3v) is 6.42. The second-order valence-corrected chi connectivity index (χ2v) is 8.85. The summed E-state index contributed by atoms with van der Waals surface area (Å²) in [4.78, 5) is 10.3. The molecular weight excluding hydrogens is 484 g/mol. The van der Waals surface area contributed by atoms with Crippen LogP contribution in [0, 0.1) is 18.8 Å². The van der Waals surface area contributed by atoms with Crippen LogP contribution in [0.2, 0.25) is 0 Å². The molecule has 2 aliphatic rings. The van der Waals surface area contributed by atoms with Gasteiger partial charge in [0.1, 0.15) is 5.69 Å². The number of rotatable bonds is 5. The van der Waals surface area contributed by atoms with Crippen LogP contribution in [0.1, 0.15) is 31.3 Å². The Labute approximate surface area is 194 Å². The van der Waals surface area contributed by atoms with Gasteiger partial charge >= 0.3 is 18.4 Å². The minimum Gasteiger partial charge on any atom is -0.477 e. The predicted octanol–water partition coefficient (Wildman–Crippen LogP) is 4.10. The van der Waals surface area contributed by atoms with Crippen LogP contribution in [0.3, 0.4) is 0 Å². The van der Waals surface area contributed by atoms with E-state index in [2.05, 4.69) is 25.5 Å². The lowest BCUT2D eigenvalue weighted by Crippen LogP contribution is -2.48. The minimum absolute atomic E-state index is 0.107. The molecule has 190 valence electrons. The van der Waals surface area contributed by atoms with Crippen LogP contribution < -0.4 is 15.0 Å². The average molecular weight is 505 g/mol. The van der Waals surface area contributed by atoms with Crippen LogP contribution in [0.25, 0.3) is 5.65 Å². The number of alkyl halides is 6. The van der Waals surface area contributed by atoms with E-state index >= 15 is 0 Å². The Morgan fingerprint density at radius 2 is 1.77 bits per heavy atom. The van der Waals surface area contributed by atoms with Crippen LogP contribution in [0.5, 0.6) is 5.75 Å². The van der Waals surface area contributed by atoms with Crippen LogP contribution >= 0.6 is 0 Å². The van der Waals surface area contributed by atoms with E-state index in [1.807, 2.05) is 4.90 Å². The average Bonchev–Trinajstić information content (AvgIpc) is 3.43. The molecule has 3 aromatic heterocycles. The Morgan fingerprint density at radius 1 is 1.09 bits per heavy atom. The number of halogens is 6. The molecule has 4 heterocycles. The Balaban J connectivity index is 1.42. The maximum atomic E-state index is 13.6. The molecule has 3 aromatic rings. The first kappa shape index (κ1) is 23.5. The second-order valence-electron chi connectivity index (χ2n) is 8.85. The van der Waals surface area contributed by atoms with Gasteiger partial charge < -0.3 is 19.5 Å². The minimum atomic E-state index is -4.80. The van der Waals surface area contributed by atoms with Crippen molar-refractivity contribution in [2.75, 3.05) is 23.3 Å². The van der Waals surface area contributed by atoms with Crippen molar-refractivity contribution in [1.82, 2.24) is 24.7 Å². The molecule has 1 saturated carbocycles. The predicted molar refractivity (Wildman–Crippen MR) is 109 cm³/mol. The Bertz CT molecular complexity index is 1210. The Hall–Kier alpha value is -3.26. The number of aromatic nitrogens is 5. The highest BCUT2D eigenvalue weighted by atomic mass is 19.4. The van der Waals surface area contributed by atoms with Gasteiger partial charge in [-0.25, -0.2) is 4.52 Å². The van der Waals surface area contributed by atoms with E-state index < -0.39 is 35.5 Å². The molecule has 15 heteroatoms. The van der Waals surface area contributed by atoms with Gasteiger partial charge in [0.15, 0.2) is 23.3 Å². The molecule has 0 radical (unpaired) electrons. The summed E-state index contributed by atoms with van der Waals surface area (Å²) in [6, 6.07) is 1.73. The number of piperidine rings is 1. The number of fused-ring (bicyclic) bond motifs is 3. The zero-order valence-corrected chi connectivity index (χ0v) is 18.6. The fourth-order valence-corrected chi connectivity index (χ4v) is 4.74. The number of hydrogen-bond acceptors (Lipinski definition) is 8. The first-order valence-corrected chi connectivity index (χ1v) is 10.9. The van der Waals surface area contributed by atoms with Crippen LogP contribution in [0.4, 0.5) is 38.3 Å². The summed E-state index contributed by atoms with van der Waals surface area (Å²) in [6.07, 6.45) is -10.0. The summed E-state index contributed by atoms with van der Waals surface area (Å²) < 4.78 is 90.3. The lowest BCUT2D eigenvalue weighted by molar-refractivity contribution is -0.189. The molecule has 0 amide bonds. The van der Waals surface area contributed by atoms with Crippen molar-refractivity contribution in [3.63, 3.8) is 0 Å². The van der Waals surface area contributed by atoms with Crippen molar-refractivity contribution in [2.24, 2.45) is 11.8 Å². The number of pyridine rings is 1. The third kappa shape index (κ3) is 4.43. The van der Waals surface area contributed by atoms with Crippen molar-refractivity contribution in [3.05, 3.63) is 23.7 Å². The van der Waals surface area contributed by atoms with Crippen molar-refractivity contribution in [1.29, 1.82) is 0 Å². The van der Waals surface area contributed by atoms with Gasteiger partial charge in [-0.05, 0) is 50.7 Å². The molecule has 5 rings (SSSR count). The van der Waals surface area contributed by atoms with E-state index in [1.165, 1.54) is 0 Å². The zero-order valence-electron chi connectivity index (χ0n) is 18.6. The largest absolute Gasteiger partial charge is 0.477 e. The molecule has 2 bridgehead atoms. The fourth-order valence-electron chi connectivity index (χ4n) is 4.74. The summed E-state index contributed by atoms with van der Waals surface area (Å²) in [6.45, 7) is 3.66. The first-order valence-electron chi connectivity index (χ1n) is 10.9. The van der Waals surface area contributed by atoms with E-state index in [9.17, 15) is 26.3 Å². The van der Waals surface area contributed by atoms with Crippen LogP contribution in [-0.2, 0) is 6.18 Å². The number of hydrogen-bond donors (Lipinski definition) is 1. The van der Waals surface area contributed by atoms with Gasteiger partial charge in [-0.1, -0.05) is 5.16 Å². The molecule has 0 spiro atoms. The maximum Gasteiger partial charge on any atom is 0.433 e. The van der Waals surface area contributed by atoms with Crippen LogP contribution in [0.15, 0.2) is 16.7 Å². The number of anilines is 2. The van der Waals surface area contributed by atoms with E-state index in [0.29, 0.717) is 35.5 Å². The van der Waals surface area contributed by atoms with Gasteiger partial charge in [0.25, 0.3) is 0 Å². The highest BCUT2D eigenvalue weighted by Crippen LogP contribution is 2.40. The summed E-state index contributed by atoms with van der Waals surface area (Å²) >= 11 is 0. The van der Waals surface area contributed by atoms with Crippen molar-refractivity contribution < 1.29 is 35.6 Å². The maximum absolute atomic E-state index is 13.6. The summed E-state index contributed by atoms with van der Waals surface area (Å²) in [5.74, 6) is 0.161. The van der Waals surface area contributed by atoms with Gasteiger partial charge in [0.2, 0.25) is 5.95 Å². The molecule has 35 heavy (non-hydrogen) atoms. The van der Waals surface area contributed by atoms with Crippen LogP contribution in [-0.4, -0.2) is 56.2 Å². The quantitative estimate of drug-likeness (QED) is 0.519. The normalized spacial score (nSPS) is 23.7. The molecule has 1 saturated heterocycles. The lowest BCUT2D eigenvalue weighted by Gasteiger charge is -2.37. The van der Waals surface area contributed by atoms with Gasteiger partial charge in [-0.2, -0.15) is 36.3 Å². The molecule has 4 atom stereocenters. The number of aryl methyl sites for hydroxylation is 1. The molecule has 1 N–H and O–H groups in total. The van der Waals surface area contributed by atoms with Gasteiger partial charge in [0, 0.05) is 19.1 Å². The Morgan fingerprint density at radius 3 is 2.34 bits per heavy atom. The SMILES string of the molecule is Cc1noc(N2C[C@H]3CC[C@@H](C2)[C@@H]3Nc2nc3c(OC(C)C(F)(F)F)ccc(C(F)(F)F)n3n2)n1. The standard InChI is InChI=1S/C20H21F6N7O2/c1-9(19(21,22)23)34-13-5-6-14(20(24,25)26)33-16(13)29-17(30-33)28-15-11-3-4-12(15)8-32(7-11)18-27-10(2)31-35-18/h5-6,9,11-12,15H,3-4,7-8H2,1-2H3,(H,28,30)/t9?,11-,12+,15-. The molecule has 1 aliphatic heterocycles. The molecule has 2 fully saturated rings. The molecule has 9 nitrogen and oxygen atoms in total. The highest BCUT2D eigenvalue weighted by molar-refractivity contribution is 5.57. The molecule has 0 aromatic carbocycles. The van der Waals surface area contributed by atoms with Crippen molar-refractivity contribution >= 4 is 17.6 Å².